The van der Waals surface area contributed by atoms with E-state index in [-0.39, 0.29) is 4.90 Å². The molecule has 4 rings (SSSR count). The van der Waals surface area contributed by atoms with Crippen LogP contribution in [0.4, 0.5) is 16.0 Å². The third-order valence-corrected chi connectivity index (χ3v) is 7.24. The predicted molar refractivity (Wildman–Crippen MR) is 105 cm³/mol. The van der Waals surface area contributed by atoms with Crippen molar-refractivity contribution in [1.29, 1.82) is 0 Å². The fourth-order valence-electron chi connectivity index (χ4n) is 3.69. The summed E-state index contributed by atoms with van der Waals surface area (Å²) in [5.74, 6) is 1.22. The molecule has 2 aliphatic rings. The van der Waals surface area contributed by atoms with Crippen molar-refractivity contribution >= 4 is 21.7 Å². The van der Waals surface area contributed by atoms with Gasteiger partial charge in [0.2, 0.25) is 10.0 Å². The minimum absolute atomic E-state index is 0.119. The van der Waals surface area contributed by atoms with Gasteiger partial charge in [0.15, 0.2) is 11.6 Å². The average molecular weight is 405 g/mol. The van der Waals surface area contributed by atoms with Crippen LogP contribution < -0.4 is 9.80 Å². The summed E-state index contributed by atoms with van der Waals surface area (Å²) >= 11 is 0. The van der Waals surface area contributed by atoms with E-state index in [0.29, 0.717) is 26.2 Å². The van der Waals surface area contributed by atoms with Gasteiger partial charge < -0.3 is 9.80 Å². The first-order valence-electron chi connectivity index (χ1n) is 9.63. The largest absolute Gasteiger partial charge is 0.355 e. The fraction of sp³-hybridized carbons (Fsp3) is 0.474. The van der Waals surface area contributed by atoms with Crippen LogP contribution in [0.3, 0.4) is 0 Å². The summed E-state index contributed by atoms with van der Waals surface area (Å²) in [4.78, 5) is 4.42. The van der Waals surface area contributed by atoms with Gasteiger partial charge in [0, 0.05) is 39.3 Å². The van der Waals surface area contributed by atoms with Gasteiger partial charge in [-0.3, -0.25) is 0 Å². The Hall–Kier alpha value is -2.26. The first-order valence-corrected chi connectivity index (χ1v) is 11.1. The van der Waals surface area contributed by atoms with E-state index in [0.717, 1.165) is 24.7 Å². The predicted octanol–water partition coefficient (Wildman–Crippen LogP) is 2.12. The molecule has 0 N–H and O–H groups in total. The molecule has 28 heavy (non-hydrogen) atoms. The number of hydrogen-bond acceptors (Lipinski definition) is 6. The molecular weight excluding hydrogens is 381 g/mol. The van der Waals surface area contributed by atoms with Crippen LogP contribution in [-0.2, 0) is 10.0 Å². The normalized spacial score (nSPS) is 19.0. The van der Waals surface area contributed by atoms with Crippen LogP contribution in [0.15, 0.2) is 41.3 Å². The van der Waals surface area contributed by atoms with Crippen molar-refractivity contribution in [3.8, 4) is 0 Å². The van der Waals surface area contributed by atoms with Crippen molar-refractivity contribution in [3.05, 3.63) is 42.2 Å². The highest BCUT2D eigenvalue weighted by Crippen LogP contribution is 2.22. The van der Waals surface area contributed by atoms with Gasteiger partial charge in [0.1, 0.15) is 5.82 Å². The lowest BCUT2D eigenvalue weighted by molar-refractivity contribution is 0.383. The Morgan fingerprint density at radius 3 is 1.79 bits per heavy atom. The highest BCUT2D eigenvalue weighted by molar-refractivity contribution is 7.89. The number of piperidine rings is 1. The zero-order chi connectivity index (χ0) is 19.6. The Balaban J connectivity index is 1.39. The van der Waals surface area contributed by atoms with Gasteiger partial charge in [0.05, 0.1) is 4.90 Å². The average Bonchev–Trinajstić information content (AvgIpc) is 2.75. The summed E-state index contributed by atoms with van der Waals surface area (Å²) < 4.78 is 39.9. The van der Waals surface area contributed by atoms with E-state index in [1.54, 1.807) is 0 Å². The zero-order valence-electron chi connectivity index (χ0n) is 15.7. The number of anilines is 2. The Kier molecular flexibility index (Phi) is 5.45. The molecule has 0 unspecified atom stereocenters. The van der Waals surface area contributed by atoms with E-state index in [1.165, 1.54) is 47.8 Å². The molecule has 1 aromatic heterocycles. The van der Waals surface area contributed by atoms with Crippen LogP contribution in [0.5, 0.6) is 0 Å². The molecule has 2 saturated heterocycles. The van der Waals surface area contributed by atoms with Crippen molar-refractivity contribution in [2.24, 2.45) is 0 Å². The van der Waals surface area contributed by atoms with E-state index < -0.39 is 15.8 Å². The fourth-order valence-corrected chi connectivity index (χ4v) is 5.11. The Bertz CT molecular complexity index is 891. The summed E-state index contributed by atoms with van der Waals surface area (Å²) in [5, 5.41) is 8.73. The van der Waals surface area contributed by atoms with Gasteiger partial charge in [-0.1, -0.05) is 0 Å². The summed E-state index contributed by atoms with van der Waals surface area (Å²) in [5.41, 5.74) is 0. The quantitative estimate of drug-likeness (QED) is 0.776. The number of halogens is 1. The van der Waals surface area contributed by atoms with Crippen molar-refractivity contribution in [2.75, 3.05) is 49.1 Å². The lowest BCUT2D eigenvalue weighted by Crippen LogP contribution is -2.49. The maximum atomic E-state index is 13.1. The highest BCUT2D eigenvalue weighted by Gasteiger charge is 2.29. The molecule has 0 amide bonds. The number of aromatic nitrogens is 2. The first-order chi connectivity index (χ1) is 13.5. The highest BCUT2D eigenvalue weighted by atomic mass is 32.2. The molecule has 2 aliphatic heterocycles. The molecule has 0 radical (unpaired) electrons. The monoisotopic (exact) mass is 405 g/mol. The lowest BCUT2D eigenvalue weighted by Gasteiger charge is -2.34. The number of nitrogens with zero attached hydrogens (tertiary/aromatic N) is 5. The standard InChI is InChI=1S/C19H24FN5O2S/c20-16-4-6-17(7-5-16)28(26,27)25-14-12-24(13-15-25)19-9-8-18(21-22-19)23-10-2-1-3-11-23/h4-9H,1-3,10-15H2. The maximum absolute atomic E-state index is 13.1. The van der Waals surface area contributed by atoms with Crippen molar-refractivity contribution in [2.45, 2.75) is 24.2 Å². The Labute approximate surface area is 164 Å². The molecule has 3 heterocycles. The van der Waals surface area contributed by atoms with Crippen molar-refractivity contribution in [1.82, 2.24) is 14.5 Å². The molecular formula is C19H24FN5O2S. The van der Waals surface area contributed by atoms with Crippen LogP contribution in [0.25, 0.3) is 0 Å². The topological polar surface area (TPSA) is 69.6 Å². The molecule has 2 aromatic rings. The van der Waals surface area contributed by atoms with E-state index >= 15 is 0 Å². The molecule has 7 nitrogen and oxygen atoms in total. The van der Waals surface area contributed by atoms with Crippen LogP contribution in [0.2, 0.25) is 0 Å². The molecule has 0 atom stereocenters. The smallest absolute Gasteiger partial charge is 0.243 e. The summed E-state index contributed by atoms with van der Waals surface area (Å²) in [6, 6.07) is 8.91. The number of hydrogen-bond donors (Lipinski definition) is 0. The molecule has 0 aliphatic carbocycles. The van der Waals surface area contributed by atoms with Gasteiger partial charge in [0.25, 0.3) is 0 Å². The molecule has 0 bridgehead atoms. The Morgan fingerprint density at radius 1 is 0.714 bits per heavy atom. The van der Waals surface area contributed by atoms with Crippen molar-refractivity contribution < 1.29 is 12.8 Å². The number of piperazine rings is 1. The van der Waals surface area contributed by atoms with Gasteiger partial charge in [-0.25, -0.2) is 12.8 Å². The van der Waals surface area contributed by atoms with Crippen molar-refractivity contribution in [3.63, 3.8) is 0 Å². The van der Waals surface area contributed by atoms with E-state index in [4.69, 9.17) is 0 Å². The van der Waals surface area contributed by atoms with E-state index in [2.05, 4.69) is 15.1 Å². The third kappa shape index (κ3) is 3.95. The first kappa shape index (κ1) is 19.1. The second-order valence-electron chi connectivity index (χ2n) is 7.14. The minimum Gasteiger partial charge on any atom is -0.355 e. The van der Waals surface area contributed by atoms with Gasteiger partial charge >= 0.3 is 0 Å². The summed E-state index contributed by atoms with van der Waals surface area (Å²) in [7, 11) is -3.61. The molecule has 150 valence electrons. The lowest BCUT2D eigenvalue weighted by atomic mass is 10.1. The van der Waals surface area contributed by atoms with Crippen LogP contribution in [-0.4, -0.2) is 62.2 Å². The van der Waals surface area contributed by atoms with E-state index in [9.17, 15) is 12.8 Å². The van der Waals surface area contributed by atoms with Crippen LogP contribution in [0, 0.1) is 5.82 Å². The number of benzene rings is 1. The summed E-state index contributed by atoms with van der Waals surface area (Å²) in [6.45, 7) is 3.84. The molecule has 0 saturated carbocycles. The minimum atomic E-state index is -3.61. The van der Waals surface area contributed by atoms with Gasteiger partial charge in [-0.15, -0.1) is 10.2 Å². The third-order valence-electron chi connectivity index (χ3n) is 5.33. The zero-order valence-corrected chi connectivity index (χ0v) is 16.5. The molecule has 1 aromatic carbocycles. The second kappa shape index (κ2) is 8.00. The van der Waals surface area contributed by atoms with Gasteiger partial charge in [-0.2, -0.15) is 4.31 Å². The second-order valence-corrected chi connectivity index (χ2v) is 9.08. The molecule has 9 heteroatoms. The van der Waals surface area contributed by atoms with Crippen LogP contribution in [0.1, 0.15) is 19.3 Å². The van der Waals surface area contributed by atoms with Crippen LogP contribution >= 0.6 is 0 Å². The number of sulfonamides is 1. The van der Waals surface area contributed by atoms with E-state index in [1.807, 2.05) is 17.0 Å². The molecule has 0 spiro atoms. The Morgan fingerprint density at radius 2 is 1.25 bits per heavy atom. The molecule has 2 fully saturated rings. The van der Waals surface area contributed by atoms with Gasteiger partial charge in [-0.05, 0) is 55.7 Å². The summed E-state index contributed by atoms with van der Waals surface area (Å²) in [6.07, 6.45) is 3.65. The maximum Gasteiger partial charge on any atom is 0.243 e. The SMILES string of the molecule is O=S(=O)(c1ccc(F)cc1)N1CCN(c2ccc(N3CCCCC3)nn2)CC1. The number of rotatable bonds is 4.